The minimum atomic E-state index is -0.157. The van der Waals surface area contributed by atoms with Gasteiger partial charge in [-0.15, -0.1) is 0 Å². The largest absolute Gasteiger partial charge is 0.508 e. The van der Waals surface area contributed by atoms with Gasteiger partial charge in [0.25, 0.3) is 0 Å². The van der Waals surface area contributed by atoms with Crippen LogP contribution in [0.15, 0.2) is 54.6 Å². The SMILES string of the molecule is COc1ccc2ccc(O)c(C(c3ccccc3OC)N3CCOCC3)c2c1. The van der Waals surface area contributed by atoms with Gasteiger partial charge in [0, 0.05) is 24.2 Å². The zero-order valence-electron chi connectivity index (χ0n) is 16.2. The third-order valence-electron chi connectivity index (χ3n) is 5.37. The Balaban J connectivity index is 1.97. The van der Waals surface area contributed by atoms with Crippen LogP contribution in [0.25, 0.3) is 10.8 Å². The molecule has 146 valence electrons. The van der Waals surface area contributed by atoms with Gasteiger partial charge in [0.05, 0.1) is 33.5 Å². The van der Waals surface area contributed by atoms with Gasteiger partial charge in [-0.05, 0) is 35.0 Å². The van der Waals surface area contributed by atoms with E-state index in [1.807, 2.05) is 42.5 Å². The van der Waals surface area contributed by atoms with Gasteiger partial charge in [-0.25, -0.2) is 0 Å². The summed E-state index contributed by atoms with van der Waals surface area (Å²) in [5.74, 6) is 1.83. The first-order valence-electron chi connectivity index (χ1n) is 9.47. The molecule has 4 rings (SSSR count). The molecule has 1 fully saturated rings. The highest BCUT2D eigenvalue weighted by atomic mass is 16.5. The fraction of sp³-hybridized carbons (Fsp3) is 0.304. The molecule has 5 heteroatoms. The Morgan fingerprint density at radius 3 is 2.46 bits per heavy atom. The second-order valence-electron chi connectivity index (χ2n) is 6.88. The quantitative estimate of drug-likeness (QED) is 0.727. The highest BCUT2D eigenvalue weighted by molar-refractivity contribution is 5.90. The molecule has 0 amide bonds. The number of morpholine rings is 1. The zero-order valence-corrected chi connectivity index (χ0v) is 16.2. The molecule has 5 nitrogen and oxygen atoms in total. The van der Waals surface area contributed by atoms with Crippen molar-refractivity contribution in [1.29, 1.82) is 0 Å². The predicted molar refractivity (Wildman–Crippen MR) is 109 cm³/mol. The van der Waals surface area contributed by atoms with Crippen molar-refractivity contribution in [2.45, 2.75) is 6.04 Å². The van der Waals surface area contributed by atoms with Crippen LogP contribution in [-0.4, -0.2) is 50.5 Å². The fourth-order valence-electron chi connectivity index (χ4n) is 3.99. The molecule has 0 saturated carbocycles. The van der Waals surface area contributed by atoms with Gasteiger partial charge in [-0.2, -0.15) is 0 Å². The summed E-state index contributed by atoms with van der Waals surface area (Å²) in [5, 5.41) is 13.0. The van der Waals surface area contributed by atoms with Crippen LogP contribution < -0.4 is 9.47 Å². The first-order valence-corrected chi connectivity index (χ1v) is 9.47. The monoisotopic (exact) mass is 379 g/mol. The van der Waals surface area contributed by atoms with Crippen molar-refractivity contribution in [2.75, 3.05) is 40.5 Å². The van der Waals surface area contributed by atoms with E-state index in [9.17, 15) is 5.11 Å². The lowest BCUT2D eigenvalue weighted by Gasteiger charge is -2.36. The average molecular weight is 379 g/mol. The number of hydrogen-bond acceptors (Lipinski definition) is 5. The Labute approximate surface area is 165 Å². The molecule has 0 aromatic heterocycles. The van der Waals surface area contributed by atoms with Crippen LogP contribution >= 0.6 is 0 Å². The van der Waals surface area contributed by atoms with Crippen LogP contribution in [0.2, 0.25) is 0 Å². The third kappa shape index (κ3) is 3.39. The minimum Gasteiger partial charge on any atom is -0.508 e. The molecule has 0 bridgehead atoms. The maximum absolute atomic E-state index is 11.0. The number of aromatic hydroxyl groups is 1. The van der Waals surface area contributed by atoms with Crippen molar-refractivity contribution < 1.29 is 19.3 Å². The van der Waals surface area contributed by atoms with Crippen LogP contribution in [0.1, 0.15) is 17.2 Å². The molecule has 1 unspecified atom stereocenters. The van der Waals surface area contributed by atoms with Crippen molar-refractivity contribution >= 4 is 10.8 Å². The van der Waals surface area contributed by atoms with Gasteiger partial charge in [-0.3, -0.25) is 4.90 Å². The van der Waals surface area contributed by atoms with Crippen molar-refractivity contribution in [2.24, 2.45) is 0 Å². The topological polar surface area (TPSA) is 51.2 Å². The number of phenols is 1. The van der Waals surface area contributed by atoms with Crippen molar-refractivity contribution in [3.63, 3.8) is 0 Å². The standard InChI is InChI=1S/C23H25NO4/c1-26-17-9-7-16-8-10-20(25)22(19(16)15-17)23(24-11-13-28-14-12-24)18-5-3-4-6-21(18)27-2/h3-10,15,23,25H,11-14H2,1-2H3. The van der Waals surface area contributed by atoms with E-state index in [1.54, 1.807) is 20.3 Å². The van der Waals surface area contributed by atoms with Crippen LogP contribution in [-0.2, 0) is 4.74 Å². The molecule has 1 heterocycles. The maximum Gasteiger partial charge on any atom is 0.123 e. The Morgan fingerprint density at radius 1 is 0.964 bits per heavy atom. The molecule has 28 heavy (non-hydrogen) atoms. The Morgan fingerprint density at radius 2 is 1.71 bits per heavy atom. The van der Waals surface area contributed by atoms with Crippen LogP contribution in [0.5, 0.6) is 17.2 Å². The van der Waals surface area contributed by atoms with Crippen molar-refractivity contribution in [3.8, 4) is 17.2 Å². The number of phenolic OH excluding ortho intramolecular Hbond substituents is 1. The van der Waals surface area contributed by atoms with Crippen LogP contribution in [0, 0.1) is 0 Å². The van der Waals surface area contributed by atoms with Crippen molar-refractivity contribution in [1.82, 2.24) is 4.90 Å². The third-order valence-corrected chi connectivity index (χ3v) is 5.37. The molecule has 1 aliphatic heterocycles. The molecule has 0 radical (unpaired) electrons. The molecule has 3 aromatic carbocycles. The van der Waals surface area contributed by atoms with Gasteiger partial charge >= 0.3 is 0 Å². The Kier molecular flexibility index (Phi) is 5.37. The number of fused-ring (bicyclic) bond motifs is 1. The van der Waals surface area contributed by atoms with Crippen LogP contribution in [0.3, 0.4) is 0 Å². The lowest BCUT2D eigenvalue weighted by molar-refractivity contribution is 0.0234. The van der Waals surface area contributed by atoms with E-state index in [-0.39, 0.29) is 11.8 Å². The number of para-hydroxylation sites is 1. The molecule has 1 N–H and O–H groups in total. The molecular weight excluding hydrogens is 354 g/mol. The van der Waals surface area contributed by atoms with Gasteiger partial charge < -0.3 is 19.3 Å². The van der Waals surface area contributed by atoms with Crippen LogP contribution in [0.4, 0.5) is 0 Å². The number of hydrogen-bond donors (Lipinski definition) is 1. The summed E-state index contributed by atoms with van der Waals surface area (Å²) in [5.41, 5.74) is 1.89. The molecule has 3 aromatic rings. The summed E-state index contributed by atoms with van der Waals surface area (Å²) in [6.45, 7) is 2.89. The van der Waals surface area contributed by atoms with E-state index < -0.39 is 0 Å². The van der Waals surface area contributed by atoms with E-state index >= 15 is 0 Å². The number of rotatable bonds is 5. The summed E-state index contributed by atoms with van der Waals surface area (Å²) >= 11 is 0. The van der Waals surface area contributed by atoms with Gasteiger partial charge in [0.15, 0.2) is 0 Å². The smallest absolute Gasteiger partial charge is 0.123 e. The van der Waals surface area contributed by atoms with E-state index in [4.69, 9.17) is 14.2 Å². The Hall–Kier alpha value is -2.76. The lowest BCUT2D eigenvalue weighted by Crippen LogP contribution is -2.39. The molecule has 1 saturated heterocycles. The van der Waals surface area contributed by atoms with Gasteiger partial charge in [-0.1, -0.05) is 30.3 Å². The molecule has 0 aliphatic carbocycles. The van der Waals surface area contributed by atoms with E-state index in [1.165, 1.54) is 0 Å². The van der Waals surface area contributed by atoms with Gasteiger partial charge in [0.2, 0.25) is 0 Å². The summed E-state index contributed by atoms with van der Waals surface area (Å²) in [4.78, 5) is 2.34. The second-order valence-corrected chi connectivity index (χ2v) is 6.88. The fourth-order valence-corrected chi connectivity index (χ4v) is 3.99. The second kappa shape index (κ2) is 8.09. The van der Waals surface area contributed by atoms with E-state index in [2.05, 4.69) is 11.0 Å². The van der Waals surface area contributed by atoms with E-state index in [0.29, 0.717) is 13.2 Å². The predicted octanol–water partition coefficient (Wildman–Crippen LogP) is 3.98. The summed E-state index contributed by atoms with van der Waals surface area (Å²) < 4.78 is 16.7. The number of methoxy groups -OCH3 is 2. The number of benzene rings is 3. The van der Waals surface area contributed by atoms with Gasteiger partial charge in [0.1, 0.15) is 17.2 Å². The highest BCUT2D eigenvalue weighted by Gasteiger charge is 2.30. The normalized spacial score (nSPS) is 16.1. The average Bonchev–Trinajstić information content (AvgIpc) is 2.76. The first kappa shape index (κ1) is 18.6. The number of nitrogens with zero attached hydrogens (tertiary/aromatic N) is 1. The lowest BCUT2D eigenvalue weighted by atomic mass is 9.90. The maximum atomic E-state index is 11.0. The molecule has 0 spiro atoms. The first-order chi connectivity index (χ1) is 13.7. The number of ether oxygens (including phenoxy) is 3. The summed E-state index contributed by atoms with van der Waals surface area (Å²) in [6, 6.07) is 17.5. The zero-order chi connectivity index (χ0) is 19.5. The van der Waals surface area contributed by atoms with E-state index in [0.717, 1.165) is 46.5 Å². The Bertz CT molecular complexity index is 966. The molecule has 1 aliphatic rings. The summed E-state index contributed by atoms with van der Waals surface area (Å²) in [6.07, 6.45) is 0. The molecule has 1 atom stereocenters. The molecular formula is C23H25NO4. The highest BCUT2D eigenvalue weighted by Crippen LogP contribution is 2.43. The minimum absolute atomic E-state index is 0.157. The van der Waals surface area contributed by atoms with Crippen molar-refractivity contribution in [3.05, 3.63) is 65.7 Å². The summed E-state index contributed by atoms with van der Waals surface area (Å²) in [7, 11) is 3.34.